The highest BCUT2D eigenvalue weighted by molar-refractivity contribution is 5.91. The van der Waals surface area contributed by atoms with E-state index in [4.69, 9.17) is 9.84 Å². The second-order valence-electron chi connectivity index (χ2n) is 12.3. The Morgan fingerprint density at radius 3 is 2.55 bits per heavy atom. The van der Waals surface area contributed by atoms with Gasteiger partial charge in [-0.2, -0.15) is 10.2 Å². The van der Waals surface area contributed by atoms with E-state index < -0.39 is 0 Å². The summed E-state index contributed by atoms with van der Waals surface area (Å²) in [6.07, 6.45) is 9.90. The Hall–Kier alpha value is -2.88. The number of nitrogens with one attached hydrogen (secondary N) is 2. The first-order valence-corrected chi connectivity index (χ1v) is 14.0. The summed E-state index contributed by atoms with van der Waals surface area (Å²) in [5.41, 5.74) is 1.48. The molecule has 0 radical (unpaired) electrons. The lowest BCUT2D eigenvalue weighted by Crippen LogP contribution is -2.33. The van der Waals surface area contributed by atoms with Crippen LogP contribution in [0.2, 0.25) is 0 Å². The van der Waals surface area contributed by atoms with Crippen LogP contribution in [0.25, 0.3) is 0 Å². The summed E-state index contributed by atoms with van der Waals surface area (Å²) in [5.74, 6) is 1.14. The Morgan fingerprint density at radius 1 is 1.16 bits per heavy atom. The van der Waals surface area contributed by atoms with Gasteiger partial charge in [-0.3, -0.25) is 9.48 Å². The topological polar surface area (TPSA) is 123 Å². The van der Waals surface area contributed by atoms with Crippen LogP contribution in [0, 0.1) is 5.92 Å². The second-order valence-corrected chi connectivity index (χ2v) is 12.3. The van der Waals surface area contributed by atoms with E-state index in [2.05, 4.69) is 36.5 Å². The second kappa shape index (κ2) is 11.9. The number of nitrogens with zero attached hydrogens (tertiary/aromatic N) is 4. The number of aliphatic hydroxyl groups excluding tert-OH is 1. The van der Waals surface area contributed by atoms with Crippen molar-refractivity contribution in [2.75, 3.05) is 11.9 Å². The first-order valence-electron chi connectivity index (χ1n) is 14.0. The molecule has 0 bridgehead atoms. The van der Waals surface area contributed by atoms with E-state index in [0.29, 0.717) is 17.8 Å². The van der Waals surface area contributed by atoms with Gasteiger partial charge < -0.3 is 20.5 Å². The first-order chi connectivity index (χ1) is 18.0. The van der Waals surface area contributed by atoms with Crippen LogP contribution in [0.4, 0.5) is 10.6 Å². The zero-order chi connectivity index (χ0) is 27.4. The van der Waals surface area contributed by atoms with E-state index in [-0.39, 0.29) is 48.6 Å². The Bertz CT molecular complexity index is 1090. The van der Waals surface area contributed by atoms with E-state index in [9.17, 15) is 14.7 Å². The molecule has 2 heterocycles. The van der Waals surface area contributed by atoms with E-state index in [1.165, 1.54) is 0 Å². The fraction of sp³-hybridized carbons (Fsp3) is 0.714. The van der Waals surface area contributed by atoms with Crippen LogP contribution in [-0.2, 0) is 21.5 Å². The molecule has 0 spiro atoms. The lowest BCUT2D eigenvalue weighted by atomic mass is 9.87. The summed E-state index contributed by atoms with van der Waals surface area (Å²) in [7, 11) is 0. The van der Waals surface area contributed by atoms with Gasteiger partial charge in [0.15, 0.2) is 0 Å². The van der Waals surface area contributed by atoms with Crippen molar-refractivity contribution in [2.45, 2.75) is 116 Å². The van der Waals surface area contributed by atoms with Crippen LogP contribution in [0.15, 0.2) is 18.5 Å². The van der Waals surface area contributed by atoms with E-state index in [1.54, 1.807) is 6.20 Å². The molecule has 2 saturated carbocycles. The third-order valence-corrected chi connectivity index (χ3v) is 7.58. The SMILES string of the molecule is CC(C)NC(=O)O[C@@H]1CC[C@H](c2cc(NC(=O)Cc3cnn(C4CCC(CO)CC4)c3)n(C(C)(C)C)n2)C1. The zero-order valence-electron chi connectivity index (χ0n) is 23.4. The Balaban J connectivity index is 1.37. The minimum Gasteiger partial charge on any atom is -0.446 e. The maximum absolute atomic E-state index is 13.0. The molecule has 0 aliphatic heterocycles. The van der Waals surface area contributed by atoms with Gasteiger partial charge in [0.1, 0.15) is 11.9 Å². The minimum absolute atomic E-state index is 0.0367. The predicted molar refractivity (Wildman–Crippen MR) is 145 cm³/mol. The third kappa shape index (κ3) is 7.15. The van der Waals surface area contributed by atoms with Gasteiger partial charge in [-0.1, -0.05) is 0 Å². The highest BCUT2D eigenvalue weighted by atomic mass is 16.6. The number of carbonyl (C=O) groups excluding carboxylic acids is 2. The molecule has 38 heavy (non-hydrogen) atoms. The molecule has 10 heteroatoms. The van der Waals surface area contributed by atoms with E-state index >= 15 is 0 Å². The number of alkyl carbamates (subject to hydrolysis) is 1. The molecule has 3 N–H and O–H groups in total. The summed E-state index contributed by atoms with van der Waals surface area (Å²) in [6, 6.07) is 2.33. The smallest absolute Gasteiger partial charge is 0.407 e. The fourth-order valence-electron chi connectivity index (χ4n) is 5.57. The van der Waals surface area contributed by atoms with Gasteiger partial charge in [-0.05, 0) is 91.0 Å². The van der Waals surface area contributed by atoms with Crippen LogP contribution in [0.5, 0.6) is 0 Å². The van der Waals surface area contributed by atoms with Crippen molar-refractivity contribution in [1.82, 2.24) is 24.9 Å². The highest BCUT2D eigenvalue weighted by Crippen LogP contribution is 2.37. The van der Waals surface area contributed by atoms with E-state index in [1.807, 2.05) is 35.5 Å². The Kier molecular flexibility index (Phi) is 8.80. The minimum atomic E-state index is -0.375. The van der Waals surface area contributed by atoms with Crippen LogP contribution in [0.3, 0.4) is 0 Å². The maximum atomic E-state index is 13.0. The average molecular weight is 529 g/mol. The van der Waals surface area contributed by atoms with Crippen molar-refractivity contribution in [3.8, 4) is 0 Å². The van der Waals surface area contributed by atoms with Crippen LogP contribution in [0.1, 0.15) is 103 Å². The quantitative estimate of drug-likeness (QED) is 0.463. The summed E-state index contributed by atoms with van der Waals surface area (Å²) < 4.78 is 9.45. The van der Waals surface area contributed by atoms with Crippen molar-refractivity contribution >= 4 is 17.8 Å². The summed E-state index contributed by atoms with van der Waals surface area (Å²) >= 11 is 0. The number of aromatic nitrogens is 4. The summed E-state index contributed by atoms with van der Waals surface area (Å²) in [5, 5.41) is 24.6. The molecule has 2 fully saturated rings. The maximum Gasteiger partial charge on any atom is 0.407 e. The van der Waals surface area contributed by atoms with Crippen LogP contribution in [-0.4, -0.2) is 55.4 Å². The number of aliphatic hydroxyl groups is 1. The number of ether oxygens (including phenoxy) is 1. The molecule has 2 atom stereocenters. The molecular weight excluding hydrogens is 484 g/mol. The van der Waals surface area contributed by atoms with Gasteiger partial charge in [0.05, 0.1) is 29.9 Å². The molecule has 2 amide bonds. The molecule has 2 aromatic rings. The molecule has 2 aliphatic carbocycles. The van der Waals surface area contributed by atoms with Crippen molar-refractivity contribution < 1.29 is 19.4 Å². The van der Waals surface area contributed by atoms with Crippen molar-refractivity contribution in [2.24, 2.45) is 5.92 Å². The molecular formula is C28H44N6O4. The lowest BCUT2D eigenvalue weighted by Gasteiger charge is -2.27. The van der Waals surface area contributed by atoms with Crippen molar-refractivity contribution in [1.29, 1.82) is 0 Å². The van der Waals surface area contributed by atoms with Crippen LogP contribution >= 0.6 is 0 Å². The number of anilines is 1. The summed E-state index contributed by atoms with van der Waals surface area (Å²) in [4.78, 5) is 25.1. The summed E-state index contributed by atoms with van der Waals surface area (Å²) in [6.45, 7) is 10.3. The van der Waals surface area contributed by atoms with Gasteiger partial charge in [-0.15, -0.1) is 0 Å². The predicted octanol–water partition coefficient (Wildman–Crippen LogP) is 4.51. The number of rotatable bonds is 8. The van der Waals surface area contributed by atoms with Crippen molar-refractivity contribution in [3.05, 3.63) is 29.7 Å². The van der Waals surface area contributed by atoms with Gasteiger partial charge in [0, 0.05) is 30.8 Å². The fourth-order valence-corrected chi connectivity index (χ4v) is 5.57. The molecule has 0 unspecified atom stereocenters. The van der Waals surface area contributed by atoms with Gasteiger partial charge in [-0.25, -0.2) is 9.48 Å². The largest absolute Gasteiger partial charge is 0.446 e. The molecule has 210 valence electrons. The van der Waals surface area contributed by atoms with Gasteiger partial charge in [0.2, 0.25) is 5.91 Å². The standard InChI is InChI=1S/C28H44N6O4/c1-18(2)30-27(37)38-23-11-8-21(13-23)24-14-25(34(32-24)28(3,4)5)31-26(36)12-20-15-29-33(16-20)22-9-6-19(17-35)7-10-22/h14-16,18-19,21-23,35H,6-13,17H2,1-5H3,(H,30,37)(H,31,36)/t19?,21-,22?,23+/m0/s1. The Morgan fingerprint density at radius 2 is 1.89 bits per heavy atom. The molecule has 4 rings (SSSR count). The Labute approximate surface area is 225 Å². The van der Waals surface area contributed by atoms with Gasteiger partial charge in [0.25, 0.3) is 0 Å². The molecule has 0 aromatic carbocycles. The molecule has 0 saturated heterocycles. The highest BCUT2D eigenvalue weighted by Gasteiger charge is 2.32. The molecule has 10 nitrogen and oxygen atoms in total. The number of hydrogen-bond donors (Lipinski definition) is 3. The lowest BCUT2D eigenvalue weighted by molar-refractivity contribution is -0.115. The average Bonchev–Trinajstić information content (AvgIpc) is 3.58. The normalized spacial score (nSPS) is 24.0. The first kappa shape index (κ1) is 28.1. The number of hydrogen-bond acceptors (Lipinski definition) is 6. The van der Waals surface area contributed by atoms with Crippen LogP contribution < -0.4 is 10.6 Å². The molecule has 2 aliphatic rings. The number of amides is 2. The molecule has 2 aromatic heterocycles. The zero-order valence-corrected chi connectivity index (χ0v) is 23.4. The van der Waals surface area contributed by atoms with Gasteiger partial charge >= 0.3 is 6.09 Å². The third-order valence-electron chi connectivity index (χ3n) is 7.58. The van der Waals surface area contributed by atoms with Crippen molar-refractivity contribution in [3.63, 3.8) is 0 Å². The monoisotopic (exact) mass is 528 g/mol. The number of carbonyl (C=O) groups is 2. The van der Waals surface area contributed by atoms with E-state index in [0.717, 1.165) is 56.2 Å².